The van der Waals surface area contributed by atoms with Crippen molar-refractivity contribution in [3.8, 4) is 11.5 Å². The molecule has 0 amide bonds. The molecule has 0 spiro atoms. The molecular formula is C19H24ClFNO4P. The molecular weight excluding hydrogens is 392 g/mol. The minimum absolute atomic E-state index is 0.00865. The van der Waals surface area contributed by atoms with E-state index in [2.05, 4.69) is 6.92 Å². The third-order valence-corrected chi connectivity index (χ3v) is 5.96. The Morgan fingerprint density at radius 3 is 2.41 bits per heavy atom. The first kappa shape index (κ1) is 21.9. The fourth-order valence-electron chi connectivity index (χ4n) is 2.84. The Morgan fingerprint density at radius 2 is 1.85 bits per heavy atom. The van der Waals surface area contributed by atoms with Gasteiger partial charge < -0.3 is 14.8 Å². The Kier molecular flexibility index (Phi) is 7.43. The van der Waals surface area contributed by atoms with Crippen molar-refractivity contribution >= 4 is 24.4 Å². The molecule has 0 bridgehead atoms. The number of benzene rings is 2. The van der Waals surface area contributed by atoms with Gasteiger partial charge in [0.2, 0.25) is 0 Å². The highest BCUT2D eigenvalue weighted by Crippen LogP contribution is 2.38. The molecule has 0 saturated carbocycles. The summed E-state index contributed by atoms with van der Waals surface area (Å²) in [6.45, 7) is 5.44. The van der Waals surface area contributed by atoms with Crippen LogP contribution in [0, 0.1) is 19.7 Å². The summed E-state index contributed by atoms with van der Waals surface area (Å²) in [5, 5.41) is 10.3. The van der Waals surface area contributed by atoms with Crippen LogP contribution < -0.4 is 15.3 Å². The normalized spacial score (nSPS) is 13.4. The van der Waals surface area contributed by atoms with Gasteiger partial charge in [-0.3, -0.25) is 4.57 Å². The quantitative estimate of drug-likeness (QED) is 0.305. The average Bonchev–Trinajstić information content (AvgIpc) is 2.63. The molecule has 0 heterocycles. The van der Waals surface area contributed by atoms with E-state index in [0.717, 1.165) is 24.8 Å². The molecule has 5 nitrogen and oxygen atoms in total. The van der Waals surface area contributed by atoms with E-state index in [1.807, 2.05) is 0 Å². The van der Waals surface area contributed by atoms with Crippen LogP contribution in [0.15, 0.2) is 24.3 Å². The van der Waals surface area contributed by atoms with Crippen LogP contribution in [0.4, 0.5) is 4.39 Å². The van der Waals surface area contributed by atoms with Crippen LogP contribution in [-0.2, 0) is 11.0 Å². The lowest BCUT2D eigenvalue weighted by Gasteiger charge is -2.17. The number of nitrogens with one attached hydrogen (secondary N) is 1. The van der Waals surface area contributed by atoms with Gasteiger partial charge in [0.15, 0.2) is 11.6 Å². The molecule has 0 aromatic heterocycles. The molecule has 8 heteroatoms. The van der Waals surface area contributed by atoms with E-state index in [1.54, 1.807) is 26.0 Å². The zero-order chi connectivity index (χ0) is 20.2. The molecule has 0 fully saturated rings. The zero-order valence-electron chi connectivity index (χ0n) is 15.6. The molecule has 27 heavy (non-hydrogen) atoms. The number of hydrogen-bond donors (Lipinski definition) is 3. The first-order valence-corrected chi connectivity index (χ1v) is 10.8. The molecule has 1 unspecified atom stereocenters. The second kappa shape index (κ2) is 9.18. The molecule has 1 atom stereocenters. The van der Waals surface area contributed by atoms with Gasteiger partial charge in [0, 0.05) is 0 Å². The van der Waals surface area contributed by atoms with Gasteiger partial charge in [-0.05, 0) is 61.6 Å². The molecule has 2 rings (SSSR count). The number of aryl methyl sites for hydroxylation is 3. The molecule has 0 aliphatic carbocycles. The van der Waals surface area contributed by atoms with E-state index in [1.165, 1.54) is 17.4 Å². The number of unbranched alkanes of at least 4 members (excludes halogenated alkanes) is 2. The van der Waals surface area contributed by atoms with Crippen molar-refractivity contribution in [3.05, 3.63) is 51.8 Å². The van der Waals surface area contributed by atoms with E-state index in [9.17, 15) is 13.8 Å². The van der Waals surface area contributed by atoms with Gasteiger partial charge in [0.1, 0.15) is 5.75 Å². The van der Waals surface area contributed by atoms with Crippen LogP contribution in [-0.4, -0.2) is 10.1 Å². The van der Waals surface area contributed by atoms with Crippen molar-refractivity contribution in [1.82, 2.24) is 5.25 Å². The Bertz CT molecular complexity index is 852. The summed E-state index contributed by atoms with van der Waals surface area (Å²) >= 11 is 6.17. The van der Waals surface area contributed by atoms with Crippen molar-refractivity contribution in [1.29, 1.82) is 0 Å². The summed E-state index contributed by atoms with van der Waals surface area (Å²) in [5.41, 5.74) is 1.79. The van der Waals surface area contributed by atoms with Crippen molar-refractivity contribution in [2.75, 3.05) is 0 Å². The summed E-state index contributed by atoms with van der Waals surface area (Å²) in [4.78, 5) is 9.70. The minimum Gasteiger partial charge on any atom is -0.454 e. The maximum atomic E-state index is 14.7. The van der Waals surface area contributed by atoms with E-state index < -0.39 is 13.3 Å². The standard InChI is InChI=1S/C19H24ClFNO4P/c1-4-5-6-7-14-8-9-16(18(21)17(14)20)26-19-12(2)10-15(11-13(19)3)27(24,25)22-23/h8-11,23H,4-7H2,1-3H3,(H2,22,24,25). The van der Waals surface area contributed by atoms with Gasteiger partial charge in [0.25, 0.3) is 0 Å². The van der Waals surface area contributed by atoms with Crippen LogP contribution in [0.1, 0.15) is 42.9 Å². The molecule has 3 N–H and O–H groups in total. The smallest absolute Gasteiger partial charge is 0.319 e. The van der Waals surface area contributed by atoms with Gasteiger partial charge in [-0.15, -0.1) is 5.25 Å². The first-order valence-electron chi connectivity index (χ1n) is 8.72. The molecule has 0 aliphatic heterocycles. The predicted octanol–water partition coefficient (Wildman–Crippen LogP) is 5.41. The lowest BCUT2D eigenvalue weighted by Crippen LogP contribution is -2.16. The summed E-state index contributed by atoms with van der Waals surface area (Å²) in [6.07, 6.45) is 3.77. The Balaban J connectivity index is 2.32. The van der Waals surface area contributed by atoms with Crippen LogP contribution in [0.5, 0.6) is 11.5 Å². The van der Waals surface area contributed by atoms with E-state index in [0.29, 0.717) is 23.3 Å². The number of hydrogen-bond acceptors (Lipinski definition) is 3. The number of halogens is 2. The third-order valence-electron chi connectivity index (χ3n) is 4.32. The topological polar surface area (TPSA) is 78.8 Å². The van der Waals surface area contributed by atoms with Gasteiger partial charge in [-0.1, -0.05) is 37.4 Å². The monoisotopic (exact) mass is 415 g/mol. The summed E-state index contributed by atoms with van der Waals surface area (Å²) in [6, 6.07) is 6.12. The highest BCUT2D eigenvalue weighted by molar-refractivity contribution is 7.63. The van der Waals surface area contributed by atoms with E-state index in [4.69, 9.17) is 21.5 Å². The lowest BCUT2D eigenvalue weighted by atomic mass is 10.1. The number of rotatable bonds is 8. The molecule has 2 aromatic carbocycles. The highest BCUT2D eigenvalue weighted by atomic mass is 35.5. The predicted molar refractivity (Wildman–Crippen MR) is 105 cm³/mol. The number of ether oxygens (including phenoxy) is 1. The maximum absolute atomic E-state index is 14.7. The highest BCUT2D eigenvalue weighted by Gasteiger charge is 2.23. The molecule has 2 aromatic rings. The zero-order valence-corrected chi connectivity index (χ0v) is 17.2. The molecule has 0 radical (unpaired) electrons. The van der Waals surface area contributed by atoms with E-state index in [-0.39, 0.29) is 16.1 Å². The molecule has 0 aliphatic rings. The Labute approximate surface area is 163 Å². The Morgan fingerprint density at radius 1 is 1.22 bits per heavy atom. The summed E-state index contributed by atoms with van der Waals surface area (Å²) < 4.78 is 32.3. The third kappa shape index (κ3) is 5.09. The van der Waals surface area contributed by atoms with Crippen molar-refractivity contribution in [2.24, 2.45) is 0 Å². The lowest BCUT2D eigenvalue weighted by molar-refractivity contribution is 0.226. The van der Waals surface area contributed by atoms with Crippen LogP contribution in [0.2, 0.25) is 5.02 Å². The van der Waals surface area contributed by atoms with Gasteiger partial charge in [-0.25, -0.2) is 4.39 Å². The van der Waals surface area contributed by atoms with Crippen LogP contribution in [0.25, 0.3) is 0 Å². The van der Waals surface area contributed by atoms with Crippen molar-refractivity contribution in [2.45, 2.75) is 46.5 Å². The largest absolute Gasteiger partial charge is 0.454 e. The van der Waals surface area contributed by atoms with Gasteiger partial charge in [-0.2, -0.15) is 0 Å². The second-order valence-corrected chi connectivity index (χ2v) is 8.74. The summed E-state index contributed by atoms with van der Waals surface area (Å²) in [5.74, 6) is -0.269. The van der Waals surface area contributed by atoms with Crippen LogP contribution in [0.3, 0.4) is 0 Å². The SMILES string of the molecule is CCCCCc1ccc(Oc2c(C)cc(P(=O)(O)NO)cc2C)c(F)c1Cl. The van der Waals surface area contributed by atoms with Crippen molar-refractivity contribution in [3.63, 3.8) is 0 Å². The Hall–Kier alpha value is -1.43. The fraction of sp³-hybridized carbons (Fsp3) is 0.368. The fourth-order valence-corrected chi connectivity index (χ4v) is 3.94. The molecule has 148 valence electrons. The maximum Gasteiger partial charge on any atom is 0.319 e. The van der Waals surface area contributed by atoms with E-state index >= 15 is 0 Å². The van der Waals surface area contributed by atoms with Gasteiger partial charge in [0.05, 0.1) is 10.3 Å². The summed E-state index contributed by atoms with van der Waals surface area (Å²) in [7, 11) is -4.06. The average molecular weight is 416 g/mol. The second-order valence-electron chi connectivity index (χ2n) is 6.49. The minimum atomic E-state index is -4.06. The van der Waals surface area contributed by atoms with Crippen LogP contribution >= 0.6 is 19.1 Å². The van der Waals surface area contributed by atoms with Gasteiger partial charge >= 0.3 is 7.52 Å². The first-order chi connectivity index (χ1) is 12.7. The van der Waals surface area contributed by atoms with Crippen molar-refractivity contribution < 1.29 is 23.8 Å². The molecule has 0 saturated heterocycles.